The molecule has 70 valence electrons. The van der Waals surface area contributed by atoms with Crippen LogP contribution in [-0.2, 0) is 4.79 Å². The molecule has 0 unspecified atom stereocenters. The highest BCUT2D eigenvalue weighted by molar-refractivity contribution is 5.93. The van der Waals surface area contributed by atoms with Gasteiger partial charge in [-0.1, -0.05) is 5.92 Å². The van der Waals surface area contributed by atoms with Crippen LogP contribution in [0, 0.1) is 17.8 Å². The molecule has 3 heteroatoms. The highest BCUT2D eigenvalue weighted by atomic mass is 16.2. The lowest BCUT2D eigenvalue weighted by Gasteiger charge is -2.20. The second-order valence-electron chi connectivity index (χ2n) is 3.65. The van der Waals surface area contributed by atoms with Crippen LogP contribution in [0.15, 0.2) is 0 Å². The Morgan fingerprint density at radius 1 is 1.54 bits per heavy atom. The van der Waals surface area contributed by atoms with Gasteiger partial charge in [-0.3, -0.25) is 4.79 Å². The average molecular weight is 178 g/mol. The number of amides is 1. The van der Waals surface area contributed by atoms with Crippen molar-refractivity contribution in [3.8, 4) is 11.8 Å². The summed E-state index contributed by atoms with van der Waals surface area (Å²) in [7, 11) is 0. The second-order valence-corrected chi connectivity index (χ2v) is 3.65. The molecule has 2 fully saturated rings. The molecular formula is C10H14N2O. The van der Waals surface area contributed by atoms with Crippen LogP contribution < -0.4 is 5.32 Å². The van der Waals surface area contributed by atoms with Crippen LogP contribution in [0.1, 0.15) is 13.3 Å². The normalized spacial score (nSPS) is 31.0. The van der Waals surface area contributed by atoms with E-state index in [9.17, 15) is 4.79 Å². The molecule has 0 aromatic rings. The Morgan fingerprint density at radius 2 is 2.38 bits per heavy atom. The molecule has 2 aliphatic heterocycles. The summed E-state index contributed by atoms with van der Waals surface area (Å²) in [5.74, 6) is 5.94. The fraction of sp³-hybridized carbons (Fsp3) is 0.700. The Kier molecular flexibility index (Phi) is 2.24. The zero-order valence-corrected chi connectivity index (χ0v) is 7.84. The first-order valence-electron chi connectivity index (χ1n) is 4.77. The first-order chi connectivity index (χ1) is 6.33. The summed E-state index contributed by atoms with van der Waals surface area (Å²) in [6, 6.07) is 0.411. The molecule has 0 aromatic heterocycles. The van der Waals surface area contributed by atoms with Gasteiger partial charge in [-0.25, -0.2) is 0 Å². The lowest BCUT2D eigenvalue weighted by Crippen LogP contribution is -2.38. The molecule has 0 radical (unpaired) electrons. The van der Waals surface area contributed by atoms with Gasteiger partial charge in [0.2, 0.25) is 0 Å². The van der Waals surface area contributed by atoms with E-state index in [2.05, 4.69) is 17.2 Å². The minimum Gasteiger partial charge on any atom is -0.327 e. The van der Waals surface area contributed by atoms with Crippen LogP contribution in [0.2, 0.25) is 0 Å². The Bertz CT molecular complexity index is 276. The van der Waals surface area contributed by atoms with Gasteiger partial charge in [-0.15, -0.1) is 0 Å². The van der Waals surface area contributed by atoms with Crippen LogP contribution in [0.4, 0.5) is 0 Å². The number of nitrogens with one attached hydrogen (secondary N) is 1. The maximum atomic E-state index is 11.5. The summed E-state index contributed by atoms with van der Waals surface area (Å²) in [5, 5.41) is 3.31. The average Bonchev–Trinajstić information content (AvgIpc) is 2.62. The highest BCUT2D eigenvalue weighted by Gasteiger charge is 2.39. The third-order valence-electron chi connectivity index (χ3n) is 2.94. The fourth-order valence-electron chi connectivity index (χ4n) is 2.28. The number of likely N-dealkylation sites (tertiary alicyclic amines) is 1. The van der Waals surface area contributed by atoms with Crippen molar-refractivity contribution in [3.05, 3.63) is 0 Å². The molecule has 2 aliphatic rings. The van der Waals surface area contributed by atoms with Gasteiger partial charge >= 0.3 is 0 Å². The van der Waals surface area contributed by atoms with Crippen molar-refractivity contribution in [3.63, 3.8) is 0 Å². The van der Waals surface area contributed by atoms with E-state index in [-0.39, 0.29) is 5.91 Å². The van der Waals surface area contributed by atoms with E-state index in [0.717, 1.165) is 26.1 Å². The first kappa shape index (κ1) is 8.58. The first-order valence-corrected chi connectivity index (χ1v) is 4.77. The number of hydrogen-bond acceptors (Lipinski definition) is 2. The molecule has 1 amide bonds. The lowest BCUT2D eigenvalue weighted by molar-refractivity contribution is -0.125. The predicted molar refractivity (Wildman–Crippen MR) is 49.9 cm³/mol. The summed E-state index contributed by atoms with van der Waals surface area (Å²) in [5.41, 5.74) is 0. The molecule has 1 N–H and O–H groups in total. The van der Waals surface area contributed by atoms with Crippen molar-refractivity contribution < 1.29 is 4.79 Å². The van der Waals surface area contributed by atoms with E-state index in [1.165, 1.54) is 0 Å². The van der Waals surface area contributed by atoms with Crippen molar-refractivity contribution in [1.29, 1.82) is 0 Å². The summed E-state index contributed by atoms with van der Waals surface area (Å²) in [6.45, 7) is 4.61. The van der Waals surface area contributed by atoms with E-state index < -0.39 is 0 Å². The molecule has 2 rings (SSSR count). The Morgan fingerprint density at radius 3 is 3.15 bits per heavy atom. The van der Waals surface area contributed by atoms with Gasteiger partial charge < -0.3 is 10.2 Å². The van der Waals surface area contributed by atoms with E-state index in [1.54, 1.807) is 6.92 Å². The third kappa shape index (κ3) is 1.42. The minimum atomic E-state index is -0.00120. The van der Waals surface area contributed by atoms with Gasteiger partial charge in [0, 0.05) is 25.7 Å². The second kappa shape index (κ2) is 3.39. The number of carbonyl (C=O) groups is 1. The molecule has 0 aliphatic carbocycles. The molecule has 0 bridgehead atoms. The van der Waals surface area contributed by atoms with Crippen molar-refractivity contribution in [1.82, 2.24) is 10.2 Å². The predicted octanol–water partition coefficient (Wildman–Crippen LogP) is -0.170. The minimum absolute atomic E-state index is 0.00120. The SMILES string of the molecule is CC#CC(=O)N1CC[C@H]2CNC[C@H]21. The molecule has 0 saturated carbocycles. The zero-order chi connectivity index (χ0) is 9.26. The van der Waals surface area contributed by atoms with Crippen LogP contribution in [0.25, 0.3) is 0 Å². The molecular weight excluding hydrogens is 164 g/mol. The Hall–Kier alpha value is -1.01. The van der Waals surface area contributed by atoms with Gasteiger partial charge in [0.1, 0.15) is 0 Å². The molecule has 2 atom stereocenters. The quantitative estimate of drug-likeness (QED) is 0.522. The van der Waals surface area contributed by atoms with Crippen molar-refractivity contribution >= 4 is 5.91 Å². The lowest BCUT2D eigenvalue weighted by atomic mass is 10.1. The molecule has 0 aromatic carbocycles. The highest BCUT2D eigenvalue weighted by Crippen LogP contribution is 2.26. The maximum Gasteiger partial charge on any atom is 0.298 e. The van der Waals surface area contributed by atoms with Gasteiger partial charge in [-0.2, -0.15) is 0 Å². The van der Waals surface area contributed by atoms with Gasteiger partial charge in [0.05, 0.1) is 0 Å². The van der Waals surface area contributed by atoms with E-state index >= 15 is 0 Å². The van der Waals surface area contributed by atoms with Crippen LogP contribution >= 0.6 is 0 Å². The van der Waals surface area contributed by atoms with Crippen LogP contribution in [0.5, 0.6) is 0 Å². The topological polar surface area (TPSA) is 32.3 Å². The van der Waals surface area contributed by atoms with Crippen LogP contribution in [0.3, 0.4) is 0 Å². The number of carbonyl (C=O) groups excluding carboxylic acids is 1. The zero-order valence-electron chi connectivity index (χ0n) is 7.84. The maximum absolute atomic E-state index is 11.5. The number of fused-ring (bicyclic) bond motifs is 1. The van der Waals surface area contributed by atoms with E-state index in [0.29, 0.717) is 12.0 Å². The summed E-state index contributed by atoms with van der Waals surface area (Å²) >= 11 is 0. The van der Waals surface area contributed by atoms with E-state index in [4.69, 9.17) is 0 Å². The third-order valence-corrected chi connectivity index (χ3v) is 2.94. The molecule has 13 heavy (non-hydrogen) atoms. The standard InChI is InChI=1S/C10H14N2O/c1-2-3-10(13)12-5-4-8-6-11-7-9(8)12/h8-9,11H,4-7H2,1H3/t8-,9+/m0/s1. The van der Waals surface area contributed by atoms with Crippen molar-refractivity contribution in [2.45, 2.75) is 19.4 Å². The van der Waals surface area contributed by atoms with Crippen molar-refractivity contribution in [2.75, 3.05) is 19.6 Å². The largest absolute Gasteiger partial charge is 0.327 e. The summed E-state index contributed by atoms with van der Waals surface area (Å²) < 4.78 is 0. The van der Waals surface area contributed by atoms with Crippen LogP contribution in [-0.4, -0.2) is 36.5 Å². The molecule has 0 spiro atoms. The fourth-order valence-corrected chi connectivity index (χ4v) is 2.28. The monoisotopic (exact) mass is 178 g/mol. The van der Waals surface area contributed by atoms with Gasteiger partial charge in [0.15, 0.2) is 0 Å². The number of rotatable bonds is 0. The van der Waals surface area contributed by atoms with Gasteiger partial charge in [-0.05, 0) is 25.2 Å². The molecule has 3 nitrogen and oxygen atoms in total. The molecule has 2 heterocycles. The number of nitrogens with zero attached hydrogens (tertiary/aromatic N) is 1. The summed E-state index contributed by atoms with van der Waals surface area (Å²) in [4.78, 5) is 13.4. The van der Waals surface area contributed by atoms with Gasteiger partial charge in [0.25, 0.3) is 5.91 Å². The number of hydrogen-bond donors (Lipinski definition) is 1. The Balaban J connectivity index is 2.07. The Labute approximate surface area is 78.5 Å². The van der Waals surface area contributed by atoms with E-state index in [1.807, 2.05) is 4.90 Å². The molecule has 2 saturated heterocycles. The van der Waals surface area contributed by atoms with Crippen molar-refractivity contribution in [2.24, 2.45) is 5.92 Å². The summed E-state index contributed by atoms with van der Waals surface area (Å²) in [6.07, 6.45) is 1.13. The smallest absolute Gasteiger partial charge is 0.298 e.